The molecule has 146 valence electrons. The van der Waals surface area contributed by atoms with Crippen molar-refractivity contribution < 1.29 is 13.9 Å². The normalized spacial score (nSPS) is 16.6. The van der Waals surface area contributed by atoms with Crippen LogP contribution in [0.4, 0.5) is 9.52 Å². The molecule has 0 spiro atoms. The highest BCUT2D eigenvalue weighted by atomic mass is 32.2. The Kier molecular flexibility index (Phi) is 5.94. The highest BCUT2D eigenvalue weighted by Gasteiger charge is 2.27. The first-order valence-corrected chi connectivity index (χ1v) is 11.2. The third-order valence-corrected chi connectivity index (χ3v) is 6.56. The number of thiazole rings is 1. The van der Waals surface area contributed by atoms with E-state index < -0.39 is 0 Å². The van der Waals surface area contributed by atoms with Gasteiger partial charge in [-0.25, -0.2) is 9.37 Å². The van der Waals surface area contributed by atoms with E-state index in [2.05, 4.69) is 11.9 Å². The molecule has 2 aromatic carbocycles. The van der Waals surface area contributed by atoms with Gasteiger partial charge in [-0.1, -0.05) is 30.4 Å². The number of amides is 1. The van der Waals surface area contributed by atoms with Crippen molar-refractivity contribution in [3.63, 3.8) is 0 Å². The highest BCUT2D eigenvalue weighted by Crippen LogP contribution is 2.32. The molecule has 1 atom stereocenters. The lowest BCUT2D eigenvalue weighted by Gasteiger charge is -2.23. The van der Waals surface area contributed by atoms with Gasteiger partial charge in [0.25, 0.3) is 5.91 Å². The third-order valence-electron chi connectivity index (χ3n) is 4.64. The minimum atomic E-state index is -0.370. The number of thioether (sulfide) groups is 1. The number of rotatable bonds is 6. The number of para-hydroxylation sites is 1. The Morgan fingerprint density at radius 1 is 1.36 bits per heavy atom. The maximum atomic E-state index is 14.1. The molecule has 0 aliphatic carbocycles. The zero-order chi connectivity index (χ0) is 19.5. The summed E-state index contributed by atoms with van der Waals surface area (Å²) < 4.78 is 20.6. The zero-order valence-electron chi connectivity index (χ0n) is 15.6. The maximum absolute atomic E-state index is 14.1. The molecule has 7 heteroatoms. The number of carbonyl (C=O) groups excluding carboxylic acids is 1. The number of anilines is 1. The van der Waals surface area contributed by atoms with Gasteiger partial charge in [0.05, 0.1) is 17.3 Å². The fraction of sp³-hybridized carbons (Fsp3) is 0.333. The van der Waals surface area contributed by atoms with Gasteiger partial charge >= 0.3 is 0 Å². The maximum Gasteiger partial charge on any atom is 0.260 e. The number of carbonyl (C=O) groups is 1. The lowest BCUT2D eigenvalue weighted by molar-refractivity contribution is 0.0917. The van der Waals surface area contributed by atoms with E-state index in [-0.39, 0.29) is 17.8 Å². The number of fused-ring (bicyclic) bond motifs is 1. The molecule has 0 saturated carbocycles. The minimum absolute atomic E-state index is 0.0194. The van der Waals surface area contributed by atoms with Crippen molar-refractivity contribution in [1.82, 2.24) is 4.98 Å². The van der Waals surface area contributed by atoms with Crippen LogP contribution in [-0.4, -0.2) is 35.9 Å². The van der Waals surface area contributed by atoms with Crippen LogP contribution in [-0.2, 0) is 4.74 Å². The highest BCUT2D eigenvalue weighted by molar-refractivity contribution is 7.99. The van der Waals surface area contributed by atoms with Crippen LogP contribution >= 0.6 is 23.1 Å². The first-order chi connectivity index (χ1) is 13.7. The second kappa shape index (κ2) is 8.59. The molecule has 1 unspecified atom stereocenters. The van der Waals surface area contributed by atoms with Gasteiger partial charge in [0.15, 0.2) is 5.13 Å². The topological polar surface area (TPSA) is 42.4 Å². The van der Waals surface area contributed by atoms with Crippen LogP contribution in [0.5, 0.6) is 0 Å². The summed E-state index contributed by atoms with van der Waals surface area (Å²) in [6, 6.07) is 12.5. The number of hydrogen-bond acceptors (Lipinski definition) is 5. The number of benzene rings is 2. The average molecular weight is 417 g/mol. The van der Waals surface area contributed by atoms with Crippen molar-refractivity contribution in [3.05, 3.63) is 53.8 Å². The molecule has 0 bridgehead atoms. The van der Waals surface area contributed by atoms with Crippen LogP contribution in [0.2, 0.25) is 0 Å². The zero-order valence-corrected chi connectivity index (χ0v) is 17.2. The third kappa shape index (κ3) is 4.06. The Balaban J connectivity index is 1.70. The van der Waals surface area contributed by atoms with Gasteiger partial charge < -0.3 is 4.74 Å². The molecule has 0 radical (unpaired) electrons. The molecular formula is C21H21FN2O2S2. The molecule has 1 amide bonds. The van der Waals surface area contributed by atoms with Crippen LogP contribution in [0.1, 0.15) is 30.1 Å². The standard InChI is InChI=1S/C21H21FN2O2S2/c1-2-27-16-8-3-6-14(12-16)20(25)24(13-15-7-5-11-26-15)21-23-19-17(22)9-4-10-18(19)28-21/h3-4,6,8-10,12,15H,2,5,7,11,13H2,1H3. The van der Waals surface area contributed by atoms with Gasteiger partial charge in [-0.05, 0) is 48.9 Å². The lowest BCUT2D eigenvalue weighted by Crippen LogP contribution is -2.37. The van der Waals surface area contributed by atoms with Gasteiger partial charge in [0.2, 0.25) is 0 Å². The van der Waals surface area contributed by atoms with Crippen LogP contribution in [0, 0.1) is 5.82 Å². The van der Waals surface area contributed by atoms with Crippen molar-refractivity contribution >= 4 is 44.4 Å². The van der Waals surface area contributed by atoms with E-state index in [9.17, 15) is 9.18 Å². The molecule has 1 aromatic heterocycles. The first kappa shape index (κ1) is 19.4. The molecule has 0 N–H and O–H groups in total. The predicted molar refractivity (Wildman–Crippen MR) is 113 cm³/mol. The van der Waals surface area contributed by atoms with E-state index in [4.69, 9.17) is 4.74 Å². The second-order valence-corrected chi connectivity index (χ2v) is 8.94. The van der Waals surface area contributed by atoms with Crippen LogP contribution in [0.3, 0.4) is 0 Å². The fourth-order valence-electron chi connectivity index (χ4n) is 3.30. The molecule has 3 aromatic rings. The van der Waals surface area contributed by atoms with Gasteiger partial charge in [-0.15, -0.1) is 11.8 Å². The molecule has 4 rings (SSSR count). The van der Waals surface area contributed by atoms with Crippen molar-refractivity contribution in [2.75, 3.05) is 23.8 Å². The Morgan fingerprint density at radius 3 is 2.96 bits per heavy atom. The number of hydrogen-bond donors (Lipinski definition) is 0. The summed E-state index contributed by atoms with van der Waals surface area (Å²) in [5.41, 5.74) is 0.916. The van der Waals surface area contributed by atoms with Crippen molar-refractivity contribution in [1.29, 1.82) is 0 Å². The Morgan fingerprint density at radius 2 is 2.21 bits per heavy atom. The smallest absolute Gasteiger partial charge is 0.260 e. The summed E-state index contributed by atoms with van der Waals surface area (Å²) in [7, 11) is 0. The van der Waals surface area contributed by atoms with Crippen LogP contribution < -0.4 is 4.90 Å². The van der Waals surface area contributed by atoms with Crippen molar-refractivity contribution in [3.8, 4) is 0 Å². The van der Waals surface area contributed by atoms with Crippen molar-refractivity contribution in [2.45, 2.75) is 30.8 Å². The van der Waals surface area contributed by atoms with Gasteiger partial charge in [0.1, 0.15) is 11.3 Å². The molecule has 1 saturated heterocycles. The Bertz CT molecular complexity index is 985. The molecule has 2 heterocycles. The van der Waals surface area contributed by atoms with E-state index in [1.165, 1.54) is 17.4 Å². The van der Waals surface area contributed by atoms with Gasteiger partial charge in [0, 0.05) is 17.1 Å². The monoisotopic (exact) mass is 416 g/mol. The summed E-state index contributed by atoms with van der Waals surface area (Å²) in [6.07, 6.45) is 1.88. The summed E-state index contributed by atoms with van der Waals surface area (Å²) in [5, 5.41) is 0.508. The summed E-state index contributed by atoms with van der Waals surface area (Å²) in [6.45, 7) is 3.22. The minimum Gasteiger partial charge on any atom is -0.376 e. The van der Waals surface area contributed by atoms with Gasteiger partial charge in [-0.2, -0.15) is 0 Å². The number of aromatic nitrogens is 1. The number of ether oxygens (including phenoxy) is 1. The first-order valence-electron chi connectivity index (χ1n) is 9.37. The van der Waals surface area contributed by atoms with E-state index in [1.54, 1.807) is 22.7 Å². The Hall–Kier alpha value is -1.96. The molecule has 1 aliphatic heterocycles. The number of nitrogens with zero attached hydrogens (tertiary/aromatic N) is 2. The largest absolute Gasteiger partial charge is 0.376 e. The fourth-order valence-corrected chi connectivity index (χ4v) is 5.01. The van der Waals surface area contributed by atoms with E-state index in [0.29, 0.717) is 29.4 Å². The SMILES string of the molecule is CCSc1cccc(C(=O)N(CC2CCCO2)c2nc3c(F)cccc3s2)c1. The van der Waals surface area contributed by atoms with Crippen LogP contribution in [0.25, 0.3) is 10.2 Å². The number of halogens is 1. The lowest BCUT2D eigenvalue weighted by atomic mass is 10.2. The van der Waals surface area contributed by atoms with Gasteiger partial charge in [-0.3, -0.25) is 9.69 Å². The molecule has 4 nitrogen and oxygen atoms in total. The predicted octanol–water partition coefficient (Wildman–Crippen LogP) is 5.37. The molecule has 28 heavy (non-hydrogen) atoms. The summed E-state index contributed by atoms with van der Waals surface area (Å²) in [5.74, 6) is 0.438. The van der Waals surface area contributed by atoms with E-state index in [0.717, 1.165) is 28.2 Å². The Labute approximate surface area is 171 Å². The summed E-state index contributed by atoms with van der Waals surface area (Å²) in [4.78, 5) is 20.5. The second-order valence-electron chi connectivity index (χ2n) is 6.59. The molecule has 1 fully saturated rings. The quantitative estimate of drug-likeness (QED) is 0.507. The van der Waals surface area contributed by atoms with E-state index >= 15 is 0 Å². The summed E-state index contributed by atoms with van der Waals surface area (Å²) >= 11 is 3.03. The van der Waals surface area contributed by atoms with Crippen LogP contribution in [0.15, 0.2) is 47.4 Å². The van der Waals surface area contributed by atoms with E-state index in [1.807, 2.05) is 30.3 Å². The molecule has 1 aliphatic rings. The average Bonchev–Trinajstić information content (AvgIpc) is 3.36. The molecular weight excluding hydrogens is 395 g/mol. The van der Waals surface area contributed by atoms with Crippen molar-refractivity contribution in [2.24, 2.45) is 0 Å².